The molecule has 0 nitrogen and oxygen atoms in total. The van der Waals surface area contributed by atoms with E-state index in [4.69, 9.17) is 11.6 Å². The number of hydrogen-bond donors (Lipinski definition) is 0. The van der Waals surface area contributed by atoms with Crippen molar-refractivity contribution in [1.82, 2.24) is 0 Å². The number of allylic oxidation sites excluding steroid dienone is 2. The fraction of sp³-hybridized carbons (Fsp3) is 0.231. The first kappa shape index (κ1) is 10.7. The minimum absolute atomic E-state index is 0.692. The lowest BCUT2D eigenvalue weighted by molar-refractivity contribution is 1.23. The van der Waals surface area contributed by atoms with Crippen LogP contribution < -0.4 is 0 Å². The van der Waals surface area contributed by atoms with Gasteiger partial charge < -0.3 is 0 Å². The van der Waals surface area contributed by atoms with Gasteiger partial charge in [-0.2, -0.15) is 0 Å². The molecule has 1 heterocycles. The van der Waals surface area contributed by atoms with Crippen molar-refractivity contribution in [3.05, 3.63) is 41.3 Å². The monoisotopic (exact) mass is 236 g/mol. The van der Waals surface area contributed by atoms with E-state index in [1.165, 1.54) is 21.2 Å². The molecule has 0 unspecified atom stereocenters. The first-order valence-corrected chi connectivity index (χ1v) is 6.43. The molecule has 2 rings (SSSR count). The van der Waals surface area contributed by atoms with Crippen LogP contribution in [-0.2, 0) is 0 Å². The van der Waals surface area contributed by atoms with E-state index in [0.29, 0.717) is 5.88 Å². The van der Waals surface area contributed by atoms with E-state index in [1.54, 1.807) is 11.3 Å². The maximum atomic E-state index is 5.69. The van der Waals surface area contributed by atoms with Crippen LogP contribution >= 0.6 is 22.9 Å². The Morgan fingerprint density at radius 1 is 1.40 bits per heavy atom. The molecule has 0 N–H and O–H groups in total. The lowest BCUT2D eigenvalue weighted by Gasteiger charge is -2.03. The second-order valence-corrected chi connectivity index (χ2v) is 4.80. The topological polar surface area (TPSA) is 0 Å². The summed E-state index contributed by atoms with van der Waals surface area (Å²) in [5, 5.41) is 3.47. The Morgan fingerprint density at radius 2 is 2.27 bits per heavy atom. The summed E-state index contributed by atoms with van der Waals surface area (Å²) in [6.45, 7) is 2.15. The molecular weight excluding hydrogens is 224 g/mol. The highest BCUT2D eigenvalue weighted by Gasteiger charge is 2.02. The third-order valence-corrected chi connectivity index (χ3v) is 3.65. The number of hydrogen-bond acceptors (Lipinski definition) is 1. The predicted molar refractivity (Wildman–Crippen MR) is 70.8 cm³/mol. The summed E-state index contributed by atoms with van der Waals surface area (Å²) < 4.78 is 1.38. The molecule has 2 aromatic rings. The third-order valence-electron chi connectivity index (χ3n) is 2.46. The fourth-order valence-corrected chi connectivity index (χ4v) is 2.77. The maximum Gasteiger partial charge on any atom is 0.0417 e. The van der Waals surface area contributed by atoms with Gasteiger partial charge in [-0.3, -0.25) is 0 Å². The molecule has 1 aromatic carbocycles. The summed E-state index contributed by atoms with van der Waals surface area (Å²) in [4.78, 5) is 0. The van der Waals surface area contributed by atoms with Crippen LogP contribution in [-0.4, -0.2) is 5.88 Å². The van der Waals surface area contributed by atoms with E-state index in [0.717, 1.165) is 6.42 Å². The van der Waals surface area contributed by atoms with Crippen LogP contribution in [0.4, 0.5) is 0 Å². The third kappa shape index (κ3) is 2.24. The molecule has 0 radical (unpaired) electrons. The Labute approximate surface area is 99.2 Å². The number of rotatable bonds is 3. The molecule has 0 aliphatic carbocycles. The van der Waals surface area contributed by atoms with Crippen LogP contribution in [0.15, 0.2) is 35.7 Å². The molecule has 78 valence electrons. The largest absolute Gasteiger partial charge is 0.143 e. The van der Waals surface area contributed by atoms with E-state index in [-0.39, 0.29) is 0 Å². The van der Waals surface area contributed by atoms with Crippen LogP contribution in [0.5, 0.6) is 0 Å². The van der Waals surface area contributed by atoms with Gasteiger partial charge in [0.15, 0.2) is 0 Å². The predicted octanol–water partition coefficient (Wildman–Crippen LogP) is 4.93. The van der Waals surface area contributed by atoms with Gasteiger partial charge in [0, 0.05) is 10.6 Å². The van der Waals surface area contributed by atoms with Gasteiger partial charge in [-0.05, 0) is 41.3 Å². The highest BCUT2D eigenvalue weighted by molar-refractivity contribution is 7.17. The number of alkyl halides is 1. The van der Waals surface area contributed by atoms with E-state index >= 15 is 0 Å². The van der Waals surface area contributed by atoms with E-state index in [1.807, 2.05) is 0 Å². The Morgan fingerprint density at radius 3 is 3.07 bits per heavy atom. The zero-order chi connectivity index (χ0) is 10.7. The maximum absolute atomic E-state index is 5.69. The minimum Gasteiger partial charge on any atom is -0.143 e. The Bertz CT molecular complexity index is 482. The number of halogens is 1. The van der Waals surface area contributed by atoms with Gasteiger partial charge in [0.2, 0.25) is 0 Å². The number of benzene rings is 1. The summed E-state index contributed by atoms with van der Waals surface area (Å²) in [6.07, 6.45) is 3.15. The van der Waals surface area contributed by atoms with Crippen molar-refractivity contribution < 1.29 is 0 Å². The van der Waals surface area contributed by atoms with Crippen molar-refractivity contribution in [3.63, 3.8) is 0 Å². The molecule has 0 aliphatic rings. The van der Waals surface area contributed by atoms with Crippen LogP contribution in [0, 0.1) is 0 Å². The van der Waals surface area contributed by atoms with Gasteiger partial charge in [0.05, 0.1) is 0 Å². The summed E-state index contributed by atoms with van der Waals surface area (Å²) in [5.41, 5.74) is 2.66. The number of fused-ring (bicyclic) bond motifs is 1. The van der Waals surface area contributed by atoms with Crippen molar-refractivity contribution >= 4 is 38.6 Å². The molecule has 0 aliphatic heterocycles. The summed E-state index contributed by atoms with van der Waals surface area (Å²) in [6, 6.07) is 8.61. The first-order valence-electron chi connectivity index (χ1n) is 5.02. The second-order valence-electron chi connectivity index (χ2n) is 3.51. The molecule has 0 saturated carbocycles. The first-order chi connectivity index (χ1) is 7.33. The van der Waals surface area contributed by atoms with Crippen molar-refractivity contribution in [2.75, 3.05) is 5.88 Å². The Kier molecular flexibility index (Phi) is 3.45. The molecule has 0 saturated heterocycles. The van der Waals surface area contributed by atoms with Crippen molar-refractivity contribution in [1.29, 1.82) is 0 Å². The molecule has 0 fully saturated rings. The average Bonchev–Trinajstić information content (AvgIpc) is 2.73. The second kappa shape index (κ2) is 4.82. The quantitative estimate of drug-likeness (QED) is 0.663. The van der Waals surface area contributed by atoms with E-state index < -0.39 is 0 Å². The lowest BCUT2D eigenvalue weighted by Crippen LogP contribution is -1.80. The highest BCUT2D eigenvalue weighted by Crippen LogP contribution is 2.29. The summed E-state index contributed by atoms with van der Waals surface area (Å²) >= 11 is 7.49. The van der Waals surface area contributed by atoms with Crippen LogP contribution in [0.3, 0.4) is 0 Å². The lowest BCUT2D eigenvalue weighted by atomic mass is 10.1. The molecule has 0 amide bonds. The molecule has 0 spiro atoms. The van der Waals surface area contributed by atoms with Gasteiger partial charge >= 0.3 is 0 Å². The van der Waals surface area contributed by atoms with Gasteiger partial charge in [-0.1, -0.05) is 24.3 Å². The minimum atomic E-state index is 0.692. The van der Waals surface area contributed by atoms with Crippen LogP contribution in [0.25, 0.3) is 15.7 Å². The Hall–Kier alpha value is -0.790. The Balaban J connectivity index is 2.46. The average molecular weight is 237 g/mol. The van der Waals surface area contributed by atoms with Crippen LogP contribution in [0.2, 0.25) is 0 Å². The van der Waals surface area contributed by atoms with E-state index in [9.17, 15) is 0 Å². The molecular formula is C13H13ClS. The van der Waals surface area contributed by atoms with Gasteiger partial charge in [0.25, 0.3) is 0 Å². The normalized spacial score (nSPS) is 12.3. The standard InChI is InChI=1S/C13H13ClS/c1-10(4-3-8-14)12-6-2-5-11-7-9-15-13(11)12/h2,4-7,9H,3,8H2,1H3/b10-4-. The van der Waals surface area contributed by atoms with Gasteiger partial charge in [-0.25, -0.2) is 0 Å². The zero-order valence-corrected chi connectivity index (χ0v) is 10.2. The van der Waals surface area contributed by atoms with Crippen LogP contribution in [0.1, 0.15) is 18.9 Å². The summed E-state index contributed by atoms with van der Waals surface area (Å²) in [5.74, 6) is 0.692. The molecule has 15 heavy (non-hydrogen) atoms. The number of thiophene rings is 1. The smallest absolute Gasteiger partial charge is 0.0417 e. The van der Waals surface area contributed by atoms with Crippen molar-refractivity contribution in [2.24, 2.45) is 0 Å². The van der Waals surface area contributed by atoms with Crippen molar-refractivity contribution in [3.8, 4) is 0 Å². The van der Waals surface area contributed by atoms with Gasteiger partial charge in [0.1, 0.15) is 0 Å². The molecule has 0 atom stereocenters. The highest BCUT2D eigenvalue weighted by atomic mass is 35.5. The van der Waals surface area contributed by atoms with Crippen molar-refractivity contribution in [2.45, 2.75) is 13.3 Å². The molecule has 0 bridgehead atoms. The fourth-order valence-electron chi connectivity index (χ4n) is 1.68. The zero-order valence-electron chi connectivity index (χ0n) is 8.66. The SMILES string of the molecule is C/C(=C/CCCl)c1cccc2ccsc12. The summed E-state index contributed by atoms with van der Waals surface area (Å²) in [7, 11) is 0. The van der Waals surface area contributed by atoms with E-state index in [2.05, 4.69) is 42.6 Å². The molecule has 2 heteroatoms. The van der Waals surface area contributed by atoms with Gasteiger partial charge in [-0.15, -0.1) is 22.9 Å². The molecule has 1 aromatic heterocycles.